The summed E-state index contributed by atoms with van der Waals surface area (Å²) in [5.74, 6) is -0.958. The van der Waals surface area contributed by atoms with Gasteiger partial charge in [-0.3, -0.25) is 4.21 Å². The molecule has 1 aromatic carbocycles. The molecule has 0 N–H and O–H groups in total. The Morgan fingerprint density at radius 1 is 1.29 bits per heavy atom. The van der Waals surface area contributed by atoms with Crippen LogP contribution in [0, 0.1) is 17.6 Å². The molecule has 1 fully saturated rings. The van der Waals surface area contributed by atoms with Crippen molar-refractivity contribution in [1.29, 1.82) is 0 Å². The molecule has 0 amide bonds. The van der Waals surface area contributed by atoms with Crippen molar-refractivity contribution >= 4 is 26.0 Å². The lowest BCUT2D eigenvalue weighted by atomic mass is 9.89. The van der Waals surface area contributed by atoms with Crippen molar-refractivity contribution in [2.45, 2.75) is 30.9 Å². The predicted octanol–water partition coefficient (Wildman–Crippen LogP) is 5.03. The van der Waals surface area contributed by atoms with Gasteiger partial charge in [-0.05, 0) is 61.6 Å². The van der Waals surface area contributed by atoms with Gasteiger partial charge in [-0.1, -0.05) is 24.6 Å². The summed E-state index contributed by atoms with van der Waals surface area (Å²) in [7, 11) is -2.54. The largest absolute Gasteiger partial charge is 0.262 e. The zero-order valence-corrected chi connectivity index (χ0v) is 14.8. The van der Waals surface area contributed by atoms with Crippen LogP contribution in [0.4, 0.5) is 8.78 Å². The maximum Gasteiger partial charge on any atom is 0.128 e. The lowest BCUT2D eigenvalue weighted by Crippen LogP contribution is -2.27. The predicted molar refractivity (Wildman–Crippen MR) is 95.4 cm³/mol. The van der Waals surface area contributed by atoms with Crippen LogP contribution in [-0.2, 0) is 14.3 Å². The molecule has 1 aromatic rings. The third kappa shape index (κ3) is 1.90. The second-order valence-corrected chi connectivity index (χ2v) is 9.78. The fraction of sp³-hybridized carbons (Fsp3) is 0.316. The molecule has 2 aliphatic carbocycles. The van der Waals surface area contributed by atoms with Gasteiger partial charge in [0.1, 0.15) is 16.4 Å². The minimum Gasteiger partial charge on any atom is -0.262 e. The van der Waals surface area contributed by atoms with Crippen molar-refractivity contribution < 1.29 is 13.0 Å². The Bertz CT molecular complexity index is 950. The fourth-order valence-electron chi connectivity index (χ4n) is 4.33. The summed E-state index contributed by atoms with van der Waals surface area (Å²) in [6.45, 7) is 1.99. The average Bonchev–Trinajstić information content (AvgIpc) is 3.02. The molecule has 126 valence electrons. The average molecular weight is 367 g/mol. The number of halogens is 3. The molecule has 0 aromatic heterocycles. The molecule has 24 heavy (non-hydrogen) atoms. The Morgan fingerprint density at radius 3 is 2.88 bits per heavy atom. The second-order valence-electron chi connectivity index (χ2n) is 6.57. The van der Waals surface area contributed by atoms with Crippen molar-refractivity contribution in [2.75, 3.05) is 0 Å². The van der Waals surface area contributed by atoms with Gasteiger partial charge in [0, 0.05) is 29.9 Å². The minimum atomic E-state index is -2.54. The first-order valence-corrected chi connectivity index (χ1v) is 9.94. The maximum atomic E-state index is 14.5. The Labute approximate surface area is 145 Å². The molecule has 3 atom stereocenters. The van der Waals surface area contributed by atoms with Crippen LogP contribution in [0.3, 0.4) is 0 Å². The van der Waals surface area contributed by atoms with E-state index in [0.717, 1.165) is 28.3 Å². The van der Waals surface area contributed by atoms with E-state index < -0.39 is 25.9 Å². The van der Waals surface area contributed by atoms with Gasteiger partial charge >= 0.3 is 0 Å². The summed E-state index contributed by atoms with van der Waals surface area (Å²) >= 11 is 6.02. The minimum absolute atomic E-state index is 0.0175. The zero-order chi connectivity index (χ0) is 17.1. The summed E-state index contributed by atoms with van der Waals surface area (Å²) in [4.78, 5) is 1.64. The number of rotatable bonds is 2. The summed E-state index contributed by atoms with van der Waals surface area (Å²) in [6.07, 6.45) is 9.23. The zero-order valence-electron chi connectivity index (χ0n) is 13.2. The molecule has 0 radical (unpaired) electrons. The topological polar surface area (TPSA) is 17.1 Å². The normalized spacial score (nSPS) is 34.5. The van der Waals surface area contributed by atoms with Gasteiger partial charge in [0.25, 0.3) is 0 Å². The highest BCUT2D eigenvalue weighted by atomic mass is 35.5. The quantitative estimate of drug-likeness (QED) is 0.671. The van der Waals surface area contributed by atoms with Crippen LogP contribution in [0.5, 0.6) is 0 Å². The molecule has 5 heteroatoms. The van der Waals surface area contributed by atoms with E-state index in [-0.39, 0.29) is 11.5 Å². The SMILES string of the molecule is CC1CCC2=S(=O)(C3=CC=C(Cl)C=CC3)C21c1cc(F)ccc1F. The molecule has 1 aliphatic heterocycles. The Balaban J connectivity index is 1.92. The maximum absolute atomic E-state index is 14.5. The Morgan fingerprint density at radius 2 is 2.08 bits per heavy atom. The van der Waals surface area contributed by atoms with E-state index in [9.17, 15) is 13.0 Å². The highest BCUT2D eigenvalue weighted by Crippen LogP contribution is 2.63. The van der Waals surface area contributed by atoms with E-state index in [0.29, 0.717) is 17.9 Å². The third-order valence-electron chi connectivity index (χ3n) is 5.39. The van der Waals surface area contributed by atoms with E-state index in [1.165, 1.54) is 6.07 Å². The smallest absolute Gasteiger partial charge is 0.128 e. The summed E-state index contributed by atoms with van der Waals surface area (Å²) in [5.41, 5.74) is 0.247. The third-order valence-corrected chi connectivity index (χ3v) is 9.48. The van der Waals surface area contributed by atoms with E-state index in [1.807, 2.05) is 13.0 Å². The molecule has 4 rings (SSSR count). The molecule has 0 spiro atoms. The Kier molecular flexibility index (Phi) is 3.56. The summed E-state index contributed by atoms with van der Waals surface area (Å²) in [5, 5.41) is 0.572. The molecule has 1 nitrogen and oxygen atoms in total. The van der Waals surface area contributed by atoms with Gasteiger partial charge in [-0.15, -0.1) is 0 Å². The number of hydrogen-bond acceptors (Lipinski definition) is 1. The standard InChI is InChI=1S/C19H17ClF2OS/c1-12-5-10-18-19(12,16-11-14(21)7-9-17(16)22)24(18,23)15-4-2-3-13(20)6-8-15/h2-3,6-9,11-12H,4-5,10H2,1H3. The number of allylic oxidation sites excluding steroid dienone is 6. The molecule has 1 saturated carbocycles. The number of benzene rings is 1. The van der Waals surface area contributed by atoms with Crippen LogP contribution in [0.2, 0.25) is 0 Å². The van der Waals surface area contributed by atoms with Crippen LogP contribution in [-0.4, -0.2) is 9.07 Å². The lowest BCUT2D eigenvalue weighted by molar-refractivity contribution is 0.496. The van der Waals surface area contributed by atoms with E-state index in [4.69, 9.17) is 11.6 Å². The Hall–Kier alpha value is -1.39. The molecule has 1 heterocycles. The van der Waals surface area contributed by atoms with E-state index in [2.05, 4.69) is 0 Å². The van der Waals surface area contributed by atoms with E-state index in [1.54, 1.807) is 18.2 Å². The molecule has 3 aliphatic rings. The van der Waals surface area contributed by atoms with Crippen LogP contribution in [0.15, 0.2) is 52.4 Å². The molecule has 0 saturated heterocycles. The van der Waals surface area contributed by atoms with Crippen molar-refractivity contribution in [3.63, 3.8) is 0 Å². The first kappa shape index (κ1) is 16.1. The molecular weight excluding hydrogens is 350 g/mol. The highest BCUT2D eigenvalue weighted by molar-refractivity contribution is 8.15. The fourth-order valence-corrected chi connectivity index (χ4v) is 8.74. The van der Waals surface area contributed by atoms with Crippen molar-refractivity contribution in [1.82, 2.24) is 0 Å². The molecular formula is C19H17ClF2OS. The van der Waals surface area contributed by atoms with Gasteiger partial charge in [-0.25, -0.2) is 8.78 Å². The van der Waals surface area contributed by atoms with Crippen LogP contribution >= 0.6 is 11.6 Å². The van der Waals surface area contributed by atoms with Gasteiger partial charge in [0.2, 0.25) is 0 Å². The van der Waals surface area contributed by atoms with Crippen LogP contribution in [0.1, 0.15) is 31.7 Å². The van der Waals surface area contributed by atoms with Crippen LogP contribution in [0.25, 0.3) is 0 Å². The van der Waals surface area contributed by atoms with Crippen molar-refractivity contribution in [3.05, 3.63) is 69.6 Å². The first-order chi connectivity index (χ1) is 11.4. The van der Waals surface area contributed by atoms with Gasteiger partial charge in [0.05, 0.1) is 0 Å². The van der Waals surface area contributed by atoms with Crippen LogP contribution < -0.4 is 0 Å². The monoisotopic (exact) mass is 366 g/mol. The summed E-state index contributed by atoms with van der Waals surface area (Å²) in [6, 6.07) is 3.47. The second kappa shape index (κ2) is 5.30. The molecule has 0 bridgehead atoms. The highest BCUT2D eigenvalue weighted by Gasteiger charge is 2.68. The molecule has 3 unspecified atom stereocenters. The first-order valence-electron chi connectivity index (χ1n) is 8.01. The van der Waals surface area contributed by atoms with Gasteiger partial charge in [-0.2, -0.15) is 0 Å². The van der Waals surface area contributed by atoms with Crippen molar-refractivity contribution in [2.24, 2.45) is 5.92 Å². The lowest BCUT2D eigenvalue weighted by Gasteiger charge is -2.25. The number of fused-ring (bicyclic) bond motifs is 1. The number of hydrogen-bond donors (Lipinski definition) is 0. The van der Waals surface area contributed by atoms with E-state index >= 15 is 0 Å². The van der Waals surface area contributed by atoms with Crippen molar-refractivity contribution in [3.8, 4) is 0 Å². The van der Waals surface area contributed by atoms with Gasteiger partial charge < -0.3 is 0 Å². The van der Waals surface area contributed by atoms with Gasteiger partial charge in [0.15, 0.2) is 0 Å². The summed E-state index contributed by atoms with van der Waals surface area (Å²) < 4.78 is 41.4.